The van der Waals surface area contributed by atoms with Crippen LogP contribution in [0.15, 0.2) is 53.7 Å². The van der Waals surface area contributed by atoms with Crippen molar-refractivity contribution in [1.29, 1.82) is 0 Å². The van der Waals surface area contributed by atoms with Crippen LogP contribution in [-0.4, -0.2) is 14.7 Å². The van der Waals surface area contributed by atoms with Crippen molar-refractivity contribution < 1.29 is 4.74 Å². The molecule has 0 radical (unpaired) electrons. The molecule has 1 N–H and O–H groups in total. The Bertz CT molecular complexity index is 760. The maximum Gasteiger partial charge on any atom is 0.130 e. The predicted octanol–water partition coefficient (Wildman–Crippen LogP) is 5.03. The van der Waals surface area contributed by atoms with E-state index in [1.807, 2.05) is 36.0 Å². The van der Waals surface area contributed by atoms with Gasteiger partial charge in [-0.3, -0.25) is 4.98 Å². The molecule has 4 heteroatoms. The zero-order chi connectivity index (χ0) is 15.6. The number of thioether (sulfide) groups is 1. The van der Waals surface area contributed by atoms with Gasteiger partial charge in [0.05, 0.1) is 5.69 Å². The second-order valence-corrected chi connectivity index (χ2v) is 8.05. The zero-order valence-electron chi connectivity index (χ0n) is 13.1. The molecule has 0 spiro atoms. The SMILES string of the molecule is CC(C)(C)Sc1c[nH]c2ccc(OCc3ccccn3)cc12. The van der Waals surface area contributed by atoms with Crippen LogP contribution in [-0.2, 0) is 6.61 Å². The van der Waals surface area contributed by atoms with Crippen LogP contribution >= 0.6 is 11.8 Å². The van der Waals surface area contributed by atoms with Crippen LogP contribution in [0.5, 0.6) is 5.75 Å². The minimum Gasteiger partial charge on any atom is -0.487 e. The highest BCUT2D eigenvalue weighted by Gasteiger charge is 2.15. The van der Waals surface area contributed by atoms with Crippen molar-refractivity contribution in [3.05, 3.63) is 54.5 Å². The van der Waals surface area contributed by atoms with Gasteiger partial charge in [0, 0.05) is 32.9 Å². The second kappa shape index (κ2) is 6.05. The number of nitrogens with one attached hydrogen (secondary N) is 1. The molecule has 0 fully saturated rings. The lowest BCUT2D eigenvalue weighted by Crippen LogP contribution is -2.06. The van der Waals surface area contributed by atoms with Gasteiger partial charge in [-0.1, -0.05) is 26.8 Å². The van der Waals surface area contributed by atoms with Crippen LogP contribution in [0.2, 0.25) is 0 Å². The standard InChI is InChI=1S/C18H20N2OS/c1-18(2,3)22-17-11-20-16-8-7-14(10-15(16)17)21-12-13-6-4-5-9-19-13/h4-11,20H,12H2,1-3H3. The number of aromatic amines is 1. The van der Waals surface area contributed by atoms with Gasteiger partial charge in [0.2, 0.25) is 0 Å². The first-order valence-electron chi connectivity index (χ1n) is 7.34. The monoisotopic (exact) mass is 312 g/mol. The van der Waals surface area contributed by atoms with Gasteiger partial charge in [-0.05, 0) is 30.3 Å². The molecule has 0 saturated heterocycles. The fourth-order valence-electron chi connectivity index (χ4n) is 2.22. The van der Waals surface area contributed by atoms with Gasteiger partial charge in [-0.15, -0.1) is 11.8 Å². The third-order valence-electron chi connectivity index (χ3n) is 3.14. The molecule has 0 aliphatic rings. The van der Waals surface area contributed by atoms with E-state index in [0.717, 1.165) is 17.0 Å². The molecule has 3 nitrogen and oxygen atoms in total. The van der Waals surface area contributed by atoms with E-state index in [0.29, 0.717) is 6.61 Å². The summed E-state index contributed by atoms with van der Waals surface area (Å²) in [5, 5.41) is 1.21. The highest BCUT2D eigenvalue weighted by molar-refractivity contribution is 8.00. The number of rotatable bonds is 4. The molecule has 0 bridgehead atoms. The summed E-state index contributed by atoms with van der Waals surface area (Å²) in [5.41, 5.74) is 2.07. The maximum absolute atomic E-state index is 5.87. The number of H-pyrrole nitrogens is 1. The molecular weight excluding hydrogens is 292 g/mol. The lowest BCUT2D eigenvalue weighted by Gasteiger charge is -2.16. The third-order valence-corrected chi connectivity index (χ3v) is 4.31. The summed E-state index contributed by atoms with van der Waals surface area (Å²) in [4.78, 5) is 8.86. The van der Waals surface area contributed by atoms with E-state index in [4.69, 9.17) is 4.74 Å². The molecule has 0 unspecified atom stereocenters. The first-order valence-corrected chi connectivity index (χ1v) is 8.16. The maximum atomic E-state index is 5.87. The smallest absolute Gasteiger partial charge is 0.130 e. The molecule has 3 aromatic rings. The van der Waals surface area contributed by atoms with Crippen LogP contribution in [0.3, 0.4) is 0 Å². The first kappa shape index (κ1) is 15.0. The lowest BCUT2D eigenvalue weighted by molar-refractivity contribution is 0.302. The summed E-state index contributed by atoms with van der Waals surface area (Å²) < 4.78 is 6.05. The molecule has 0 amide bonds. The predicted molar refractivity (Wildman–Crippen MR) is 92.5 cm³/mol. The van der Waals surface area contributed by atoms with Crippen molar-refractivity contribution in [2.75, 3.05) is 0 Å². The zero-order valence-corrected chi connectivity index (χ0v) is 13.9. The van der Waals surface area contributed by atoms with E-state index in [-0.39, 0.29) is 4.75 Å². The molecule has 22 heavy (non-hydrogen) atoms. The Morgan fingerprint density at radius 2 is 2.05 bits per heavy atom. The largest absolute Gasteiger partial charge is 0.487 e. The minimum atomic E-state index is 0.180. The van der Waals surface area contributed by atoms with Crippen molar-refractivity contribution in [2.45, 2.75) is 37.0 Å². The van der Waals surface area contributed by atoms with E-state index in [1.165, 1.54) is 10.3 Å². The summed E-state index contributed by atoms with van der Waals surface area (Å²) >= 11 is 1.86. The van der Waals surface area contributed by atoms with Crippen LogP contribution in [0, 0.1) is 0 Å². The van der Waals surface area contributed by atoms with Gasteiger partial charge < -0.3 is 9.72 Å². The Morgan fingerprint density at radius 1 is 1.18 bits per heavy atom. The van der Waals surface area contributed by atoms with Crippen molar-refractivity contribution in [3.8, 4) is 5.75 Å². The normalized spacial score (nSPS) is 11.8. The van der Waals surface area contributed by atoms with Crippen molar-refractivity contribution in [3.63, 3.8) is 0 Å². The first-order chi connectivity index (χ1) is 10.5. The Labute approximate surface area is 135 Å². The van der Waals surface area contributed by atoms with E-state index >= 15 is 0 Å². The van der Waals surface area contributed by atoms with E-state index in [1.54, 1.807) is 6.20 Å². The molecule has 114 valence electrons. The molecule has 0 aliphatic heterocycles. The Hall–Kier alpha value is -1.94. The molecule has 2 aromatic heterocycles. The summed E-state index contributed by atoms with van der Waals surface area (Å²) in [6, 6.07) is 12.0. The topological polar surface area (TPSA) is 37.9 Å². The van der Waals surface area contributed by atoms with Crippen LogP contribution in [0.1, 0.15) is 26.5 Å². The van der Waals surface area contributed by atoms with Crippen LogP contribution in [0.25, 0.3) is 10.9 Å². The minimum absolute atomic E-state index is 0.180. The summed E-state index contributed by atoms with van der Waals surface area (Å²) in [6.07, 6.45) is 3.86. The Balaban J connectivity index is 1.81. The van der Waals surface area contributed by atoms with Gasteiger partial charge in [0.25, 0.3) is 0 Å². The lowest BCUT2D eigenvalue weighted by atomic mass is 10.2. The number of aromatic nitrogens is 2. The summed E-state index contributed by atoms with van der Waals surface area (Å²) in [7, 11) is 0. The number of hydrogen-bond donors (Lipinski definition) is 1. The van der Waals surface area contributed by atoms with E-state index < -0.39 is 0 Å². The number of hydrogen-bond acceptors (Lipinski definition) is 3. The van der Waals surface area contributed by atoms with Crippen LogP contribution < -0.4 is 4.74 Å². The summed E-state index contributed by atoms with van der Waals surface area (Å²) in [6.45, 7) is 7.15. The van der Waals surface area contributed by atoms with Crippen LogP contribution in [0.4, 0.5) is 0 Å². The molecule has 1 aromatic carbocycles. The van der Waals surface area contributed by atoms with Crippen molar-refractivity contribution in [2.24, 2.45) is 0 Å². The number of fused-ring (bicyclic) bond motifs is 1. The Morgan fingerprint density at radius 3 is 2.77 bits per heavy atom. The van der Waals surface area contributed by atoms with E-state index in [2.05, 4.69) is 49.1 Å². The van der Waals surface area contributed by atoms with E-state index in [9.17, 15) is 0 Å². The van der Waals surface area contributed by atoms with Gasteiger partial charge >= 0.3 is 0 Å². The number of ether oxygens (including phenoxy) is 1. The van der Waals surface area contributed by atoms with Gasteiger partial charge in [-0.2, -0.15) is 0 Å². The molecular formula is C18H20N2OS. The number of nitrogens with zero attached hydrogens (tertiary/aromatic N) is 1. The van der Waals surface area contributed by atoms with Gasteiger partial charge in [0.1, 0.15) is 12.4 Å². The average molecular weight is 312 g/mol. The quantitative estimate of drug-likeness (QED) is 0.686. The molecule has 0 saturated carbocycles. The van der Waals surface area contributed by atoms with Gasteiger partial charge in [-0.25, -0.2) is 0 Å². The van der Waals surface area contributed by atoms with Crippen molar-refractivity contribution in [1.82, 2.24) is 9.97 Å². The van der Waals surface area contributed by atoms with Gasteiger partial charge in [0.15, 0.2) is 0 Å². The summed E-state index contributed by atoms with van der Waals surface area (Å²) in [5.74, 6) is 0.869. The third kappa shape index (κ3) is 3.63. The molecule has 3 rings (SSSR count). The van der Waals surface area contributed by atoms with Crippen molar-refractivity contribution >= 4 is 22.7 Å². The molecule has 2 heterocycles. The fourth-order valence-corrected chi connectivity index (χ4v) is 3.28. The molecule has 0 atom stereocenters. The highest BCUT2D eigenvalue weighted by Crippen LogP contribution is 2.37. The average Bonchev–Trinajstić information content (AvgIpc) is 2.87. The highest BCUT2D eigenvalue weighted by atomic mass is 32.2. The second-order valence-electron chi connectivity index (χ2n) is 6.18. The molecule has 0 aliphatic carbocycles. The Kier molecular flexibility index (Phi) is 4.12. The fraction of sp³-hybridized carbons (Fsp3) is 0.278. The number of benzene rings is 1. The number of pyridine rings is 1.